The molecular weight excluding hydrogens is 374 g/mol. The molecule has 6 nitrogen and oxygen atoms in total. The average Bonchev–Trinajstić information content (AvgIpc) is 2.62. The highest BCUT2D eigenvalue weighted by molar-refractivity contribution is 7.92. The van der Waals surface area contributed by atoms with Gasteiger partial charge in [0.15, 0.2) is 0 Å². The topological polar surface area (TPSA) is 87.6 Å². The summed E-state index contributed by atoms with van der Waals surface area (Å²) >= 11 is 5.79. The molecular formula is C18H20ClN3O3S. The normalized spacial score (nSPS) is 11.9. The smallest absolute Gasteiger partial charge is 0.271 e. The van der Waals surface area contributed by atoms with Gasteiger partial charge in [0.1, 0.15) is 0 Å². The zero-order valence-corrected chi connectivity index (χ0v) is 16.1. The molecule has 2 aromatic carbocycles. The fraction of sp³-hybridized carbons (Fsp3) is 0.222. The van der Waals surface area contributed by atoms with E-state index in [1.807, 2.05) is 13.8 Å². The van der Waals surface area contributed by atoms with Crippen LogP contribution in [0.3, 0.4) is 0 Å². The molecule has 0 atom stereocenters. The molecule has 0 aliphatic rings. The van der Waals surface area contributed by atoms with E-state index in [1.54, 1.807) is 24.3 Å². The Morgan fingerprint density at radius 1 is 1.15 bits per heavy atom. The lowest BCUT2D eigenvalue weighted by Crippen LogP contribution is -2.20. The molecule has 1 amide bonds. The number of nitrogens with zero attached hydrogens (tertiary/aromatic N) is 1. The van der Waals surface area contributed by atoms with Crippen molar-refractivity contribution in [2.45, 2.75) is 31.6 Å². The molecule has 0 bridgehead atoms. The molecule has 0 unspecified atom stereocenters. The van der Waals surface area contributed by atoms with Crippen LogP contribution in [-0.2, 0) is 10.0 Å². The molecule has 0 saturated heterocycles. The van der Waals surface area contributed by atoms with E-state index in [9.17, 15) is 13.2 Å². The number of benzene rings is 2. The highest BCUT2D eigenvalue weighted by Crippen LogP contribution is 2.19. The maximum absolute atomic E-state index is 12.5. The second-order valence-electron chi connectivity index (χ2n) is 5.68. The third-order valence-corrected chi connectivity index (χ3v) is 5.09. The van der Waals surface area contributed by atoms with Crippen molar-refractivity contribution in [3.63, 3.8) is 0 Å². The molecule has 26 heavy (non-hydrogen) atoms. The second kappa shape index (κ2) is 8.82. The molecule has 138 valence electrons. The third-order valence-electron chi connectivity index (χ3n) is 3.46. The van der Waals surface area contributed by atoms with E-state index < -0.39 is 15.9 Å². The van der Waals surface area contributed by atoms with Gasteiger partial charge >= 0.3 is 0 Å². The Morgan fingerprint density at radius 3 is 2.50 bits per heavy atom. The fourth-order valence-electron chi connectivity index (χ4n) is 2.16. The minimum absolute atomic E-state index is 0.0191. The number of carbonyl (C=O) groups excluding carboxylic acids is 1. The first kappa shape index (κ1) is 19.9. The van der Waals surface area contributed by atoms with Crippen molar-refractivity contribution in [1.82, 2.24) is 5.43 Å². The van der Waals surface area contributed by atoms with Crippen molar-refractivity contribution >= 4 is 38.9 Å². The van der Waals surface area contributed by atoms with Gasteiger partial charge in [0.2, 0.25) is 0 Å². The van der Waals surface area contributed by atoms with Crippen LogP contribution in [0.25, 0.3) is 0 Å². The van der Waals surface area contributed by atoms with E-state index in [2.05, 4.69) is 15.2 Å². The molecule has 2 N–H and O–H groups in total. The van der Waals surface area contributed by atoms with Crippen molar-refractivity contribution in [2.75, 3.05) is 4.72 Å². The highest BCUT2D eigenvalue weighted by Gasteiger charge is 2.16. The number of hydrazone groups is 1. The number of anilines is 1. The van der Waals surface area contributed by atoms with Crippen molar-refractivity contribution in [2.24, 2.45) is 5.10 Å². The van der Waals surface area contributed by atoms with Gasteiger partial charge in [0, 0.05) is 22.0 Å². The number of nitrogens with one attached hydrogen (secondary N) is 2. The zero-order chi connectivity index (χ0) is 19.2. The summed E-state index contributed by atoms with van der Waals surface area (Å²) in [5, 5.41) is 4.50. The lowest BCUT2D eigenvalue weighted by atomic mass is 10.2. The minimum atomic E-state index is -3.83. The number of amides is 1. The van der Waals surface area contributed by atoms with Crippen LogP contribution in [0.4, 0.5) is 5.69 Å². The first-order chi connectivity index (χ1) is 12.3. The van der Waals surface area contributed by atoms with E-state index in [-0.39, 0.29) is 10.5 Å². The lowest BCUT2D eigenvalue weighted by Gasteiger charge is -2.09. The van der Waals surface area contributed by atoms with Gasteiger partial charge in [-0.05, 0) is 55.8 Å². The summed E-state index contributed by atoms with van der Waals surface area (Å²) in [7, 11) is -3.83. The van der Waals surface area contributed by atoms with Crippen molar-refractivity contribution in [1.29, 1.82) is 0 Å². The standard InChI is InChI=1S/C18H20ClN3O3S/c1-3-5-13(2)20-21-18(23)14-6-4-7-17(12-14)26(24,25)22-16-10-8-15(19)9-11-16/h4,6-12,22H,3,5H2,1-2H3,(H,21,23)/b20-13-. The van der Waals surface area contributed by atoms with Gasteiger partial charge in [-0.25, -0.2) is 13.8 Å². The molecule has 0 heterocycles. The van der Waals surface area contributed by atoms with Crippen molar-refractivity contribution in [3.05, 3.63) is 59.1 Å². The SMILES string of the molecule is CCC/C(C)=N\NC(=O)c1cccc(S(=O)(=O)Nc2ccc(Cl)cc2)c1. The zero-order valence-electron chi connectivity index (χ0n) is 14.5. The Kier molecular flexibility index (Phi) is 6.76. The predicted octanol–water partition coefficient (Wildman–Crippen LogP) is 4.05. The highest BCUT2D eigenvalue weighted by atomic mass is 35.5. The monoisotopic (exact) mass is 393 g/mol. The number of sulfonamides is 1. The maximum atomic E-state index is 12.5. The molecule has 0 aliphatic carbocycles. The number of rotatable bonds is 7. The van der Waals surface area contributed by atoms with Crippen LogP contribution in [0.5, 0.6) is 0 Å². The first-order valence-corrected chi connectivity index (χ1v) is 9.90. The third kappa shape index (κ3) is 5.57. The van der Waals surface area contributed by atoms with E-state index in [0.717, 1.165) is 18.6 Å². The van der Waals surface area contributed by atoms with Crippen LogP contribution >= 0.6 is 11.6 Å². The lowest BCUT2D eigenvalue weighted by molar-refractivity contribution is 0.0954. The van der Waals surface area contributed by atoms with E-state index in [1.165, 1.54) is 24.3 Å². The van der Waals surface area contributed by atoms with Gasteiger partial charge in [0.25, 0.3) is 15.9 Å². The summed E-state index contributed by atoms with van der Waals surface area (Å²) in [5.41, 5.74) is 3.82. The molecule has 2 aromatic rings. The molecule has 8 heteroatoms. The van der Waals surface area contributed by atoms with Crippen LogP contribution in [-0.4, -0.2) is 20.0 Å². The number of halogens is 1. The Morgan fingerprint density at radius 2 is 1.85 bits per heavy atom. The van der Waals surface area contributed by atoms with Crippen LogP contribution in [0.15, 0.2) is 58.5 Å². The summed E-state index contributed by atoms with van der Waals surface area (Å²) in [5.74, 6) is -0.469. The molecule has 2 rings (SSSR count). The predicted molar refractivity (Wildman–Crippen MR) is 104 cm³/mol. The average molecular weight is 394 g/mol. The number of carbonyl (C=O) groups is 1. The van der Waals surface area contributed by atoms with Gasteiger partial charge in [-0.15, -0.1) is 0 Å². The largest absolute Gasteiger partial charge is 0.280 e. The first-order valence-electron chi connectivity index (χ1n) is 8.04. The van der Waals surface area contributed by atoms with Gasteiger partial charge in [-0.3, -0.25) is 9.52 Å². The molecule has 0 spiro atoms. The van der Waals surface area contributed by atoms with Crippen LogP contribution in [0.2, 0.25) is 5.02 Å². The summed E-state index contributed by atoms with van der Waals surface area (Å²) < 4.78 is 27.5. The number of hydrogen-bond donors (Lipinski definition) is 2. The Hall–Kier alpha value is -2.38. The maximum Gasteiger partial charge on any atom is 0.271 e. The van der Waals surface area contributed by atoms with Crippen LogP contribution in [0, 0.1) is 0 Å². The van der Waals surface area contributed by atoms with Gasteiger partial charge in [-0.1, -0.05) is 31.0 Å². The van der Waals surface area contributed by atoms with E-state index >= 15 is 0 Å². The minimum Gasteiger partial charge on any atom is -0.280 e. The summed E-state index contributed by atoms with van der Waals surface area (Å²) in [6.07, 6.45) is 1.70. The summed E-state index contributed by atoms with van der Waals surface area (Å²) in [4.78, 5) is 12.2. The fourth-order valence-corrected chi connectivity index (χ4v) is 3.40. The van der Waals surface area contributed by atoms with Gasteiger partial charge in [0.05, 0.1) is 4.90 Å². The van der Waals surface area contributed by atoms with Crippen LogP contribution in [0.1, 0.15) is 37.0 Å². The quantitative estimate of drug-likeness (QED) is 0.549. The van der Waals surface area contributed by atoms with E-state index in [0.29, 0.717) is 10.7 Å². The van der Waals surface area contributed by atoms with E-state index in [4.69, 9.17) is 11.6 Å². The van der Waals surface area contributed by atoms with Crippen molar-refractivity contribution < 1.29 is 13.2 Å². The number of hydrogen-bond acceptors (Lipinski definition) is 4. The Balaban J connectivity index is 2.18. The molecule has 0 aromatic heterocycles. The molecule has 0 aliphatic heterocycles. The van der Waals surface area contributed by atoms with Gasteiger partial charge in [-0.2, -0.15) is 5.10 Å². The summed E-state index contributed by atoms with van der Waals surface area (Å²) in [6.45, 7) is 3.84. The molecule has 0 fully saturated rings. The van der Waals surface area contributed by atoms with Crippen molar-refractivity contribution in [3.8, 4) is 0 Å². The Bertz CT molecular complexity index is 910. The molecule has 0 radical (unpaired) electrons. The second-order valence-corrected chi connectivity index (χ2v) is 7.80. The van der Waals surface area contributed by atoms with Crippen LogP contribution < -0.4 is 10.1 Å². The molecule has 0 saturated carbocycles. The summed E-state index contributed by atoms with van der Waals surface area (Å²) in [6, 6.07) is 12.0. The Labute approximate surface area is 158 Å². The van der Waals surface area contributed by atoms with Gasteiger partial charge < -0.3 is 0 Å².